The number of hydrogen-bond donors (Lipinski definition) is 1. The zero-order valence-electron chi connectivity index (χ0n) is 12.5. The Bertz CT molecular complexity index is 495. The summed E-state index contributed by atoms with van der Waals surface area (Å²) in [7, 11) is 0. The average Bonchev–Trinajstić information content (AvgIpc) is 2.25. The minimum Gasteiger partial charge on any atom is -0.444 e. The molecule has 0 fully saturated rings. The van der Waals surface area contributed by atoms with E-state index in [1.165, 1.54) is 6.07 Å². The molecule has 20 heavy (non-hydrogen) atoms. The van der Waals surface area contributed by atoms with Crippen molar-refractivity contribution in [3.05, 3.63) is 29.6 Å². The fourth-order valence-corrected chi connectivity index (χ4v) is 1.94. The summed E-state index contributed by atoms with van der Waals surface area (Å²) >= 11 is 3.38. The lowest BCUT2D eigenvalue weighted by molar-refractivity contribution is 0.0636. The van der Waals surface area contributed by atoms with E-state index < -0.39 is 11.7 Å². The maximum absolute atomic E-state index is 14.1. The second-order valence-corrected chi connectivity index (χ2v) is 6.90. The van der Waals surface area contributed by atoms with Gasteiger partial charge >= 0.3 is 6.09 Å². The summed E-state index contributed by atoms with van der Waals surface area (Å²) in [6, 6.07) is 4.67. The highest BCUT2D eigenvalue weighted by Crippen LogP contribution is 2.29. The van der Waals surface area contributed by atoms with Gasteiger partial charge in [0.1, 0.15) is 11.4 Å². The molecule has 0 unspecified atom stereocenters. The maximum Gasteiger partial charge on any atom is 0.412 e. The SMILES string of the molecule is CC(C)(C)OC(=O)Nc1ccc(C(C)(C)CBr)c(F)c1. The lowest BCUT2D eigenvalue weighted by atomic mass is 9.86. The molecule has 0 saturated heterocycles. The molecule has 1 aromatic rings. The van der Waals surface area contributed by atoms with Crippen LogP contribution in [0.15, 0.2) is 18.2 Å². The molecule has 0 radical (unpaired) electrons. The van der Waals surface area contributed by atoms with Crippen LogP contribution >= 0.6 is 15.9 Å². The molecule has 1 N–H and O–H groups in total. The Kier molecular flexibility index (Phi) is 5.19. The number of amides is 1. The van der Waals surface area contributed by atoms with Crippen LogP contribution in [-0.2, 0) is 10.2 Å². The third-order valence-corrected chi connectivity index (χ3v) is 4.08. The Labute approximate surface area is 128 Å². The maximum atomic E-state index is 14.1. The second-order valence-electron chi connectivity index (χ2n) is 6.34. The van der Waals surface area contributed by atoms with Crippen molar-refractivity contribution in [1.29, 1.82) is 0 Å². The zero-order valence-corrected chi connectivity index (χ0v) is 14.1. The van der Waals surface area contributed by atoms with E-state index in [1.807, 2.05) is 13.8 Å². The zero-order chi connectivity index (χ0) is 15.6. The number of halogens is 2. The summed E-state index contributed by atoms with van der Waals surface area (Å²) < 4.78 is 19.2. The minimum absolute atomic E-state index is 0.311. The molecule has 0 aliphatic heterocycles. The van der Waals surface area contributed by atoms with E-state index in [9.17, 15) is 9.18 Å². The van der Waals surface area contributed by atoms with Gasteiger partial charge in [0, 0.05) is 16.4 Å². The quantitative estimate of drug-likeness (QED) is 0.795. The topological polar surface area (TPSA) is 38.3 Å². The molecule has 112 valence electrons. The van der Waals surface area contributed by atoms with Gasteiger partial charge in [0.2, 0.25) is 0 Å². The molecular formula is C15H21BrFNO2. The van der Waals surface area contributed by atoms with E-state index in [1.54, 1.807) is 32.9 Å². The number of alkyl halides is 1. The van der Waals surface area contributed by atoms with Gasteiger partial charge in [-0.05, 0) is 38.5 Å². The van der Waals surface area contributed by atoms with Crippen LogP contribution in [0.25, 0.3) is 0 Å². The van der Waals surface area contributed by atoms with E-state index in [2.05, 4.69) is 21.2 Å². The summed E-state index contributed by atoms with van der Waals surface area (Å²) in [5.74, 6) is -0.344. The monoisotopic (exact) mass is 345 g/mol. The first-order chi connectivity index (χ1) is 9.05. The van der Waals surface area contributed by atoms with Gasteiger partial charge in [-0.1, -0.05) is 35.8 Å². The normalized spacial score (nSPS) is 12.2. The van der Waals surface area contributed by atoms with Crippen molar-refractivity contribution in [3.8, 4) is 0 Å². The predicted octanol–water partition coefficient (Wildman–Crippen LogP) is 4.85. The Balaban J connectivity index is 2.86. The van der Waals surface area contributed by atoms with Gasteiger partial charge in [-0.25, -0.2) is 9.18 Å². The molecule has 0 atom stereocenters. The van der Waals surface area contributed by atoms with E-state index in [0.717, 1.165) is 0 Å². The molecule has 1 aromatic carbocycles. The molecule has 0 aromatic heterocycles. The van der Waals surface area contributed by atoms with Crippen LogP contribution in [0.2, 0.25) is 0 Å². The van der Waals surface area contributed by atoms with Gasteiger partial charge in [-0.2, -0.15) is 0 Å². The Hall–Kier alpha value is -1.10. The summed E-state index contributed by atoms with van der Waals surface area (Å²) in [6.07, 6.45) is -0.593. The highest BCUT2D eigenvalue weighted by atomic mass is 79.9. The first-order valence-electron chi connectivity index (χ1n) is 6.41. The Morgan fingerprint density at radius 1 is 1.30 bits per heavy atom. The van der Waals surface area contributed by atoms with Crippen LogP contribution in [0.1, 0.15) is 40.2 Å². The summed E-state index contributed by atoms with van der Waals surface area (Å²) in [4.78, 5) is 11.6. The molecule has 0 spiro atoms. The number of carbonyl (C=O) groups excluding carboxylic acids is 1. The molecule has 0 bridgehead atoms. The number of rotatable bonds is 3. The average molecular weight is 346 g/mol. The smallest absolute Gasteiger partial charge is 0.412 e. The fraction of sp³-hybridized carbons (Fsp3) is 0.533. The highest BCUT2D eigenvalue weighted by molar-refractivity contribution is 9.09. The molecule has 5 heteroatoms. The summed E-state index contributed by atoms with van der Waals surface area (Å²) in [5.41, 5.74) is 0.0877. The standard InChI is InChI=1S/C15H21BrFNO2/c1-14(2,3)20-13(19)18-10-6-7-11(12(17)8-10)15(4,5)9-16/h6-8H,9H2,1-5H3,(H,18,19). The number of anilines is 1. The van der Waals surface area contributed by atoms with Gasteiger partial charge in [-0.3, -0.25) is 5.32 Å². The lowest BCUT2D eigenvalue weighted by Gasteiger charge is -2.23. The molecule has 0 aliphatic rings. The van der Waals surface area contributed by atoms with Gasteiger partial charge in [0.25, 0.3) is 0 Å². The largest absolute Gasteiger partial charge is 0.444 e. The minimum atomic E-state index is -0.593. The van der Waals surface area contributed by atoms with Crippen LogP contribution in [0.4, 0.5) is 14.9 Å². The molecule has 3 nitrogen and oxygen atoms in total. The number of hydrogen-bond acceptors (Lipinski definition) is 2. The van der Waals surface area contributed by atoms with Crippen molar-refractivity contribution in [2.45, 2.75) is 45.6 Å². The second kappa shape index (κ2) is 6.12. The van der Waals surface area contributed by atoms with E-state index in [-0.39, 0.29) is 11.2 Å². The van der Waals surface area contributed by atoms with Gasteiger partial charge in [-0.15, -0.1) is 0 Å². The molecule has 0 saturated carbocycles. The molecule has 0 aliphatic carbocycles. The molecular weight excluding hydrogens is 325 g/mol. The number of benzene rings is 1. The molecule has 0 heterocycles. The van der Waals surface area contributed by atoms with Crippen LogP contribution in [0, 0.1) is 5.82 Å². The van der Waals surface area contributed by atoms with Gasteiger partial charge < -0.3 is 4.74 Å². The first kappa shape index (κ1) is 17.0. The van der Waals surface area contributed by atoms with Crippen LogP contribution in [0.3, 0.4) is 0 Å². The Morgan fingerprint density at radius 2 is 1.90 bits per heavy atom. The van der Waals surface area contributed by atoms with Gasteiger partial charge in [0.15, 0.2) is 0 Å². The molecule has 1 rings (SSSR count). The van der Waals surface area contributed by atoms with Crippen molar-refractivity contribution >= 4 is 27.7 Å². The number of carbonyl (C=O) groups is 1. The third-order valence-electron chi connectivity index (χ3n) is 2.68. The number of nitrogens with one attached hydrogen (secondary N) is 1. The van der Waals surface area contributed by atoms with E-state index in [4.69, 9.17) is 4.74 Å². The predicted molar refractivity (Wildman–Crippen MR) is 83.1 cm³/mol. The summed E-state index contributed by atoms with van der Waals surface area (Å²) in [5, 5.41) is 3.17. The molecule has 1 amide bonds. The van der Waals surface area contributed by atoms with Crippen molar-refractivity contribution in [2.24, 2.45) is 0 Å². The summed E-state index contributed by atoms with van der Waals surface area (Å²) in [6.45, 7) is 9.21. The van der Waals surface area contributed by atoms with Crippen LogP contribution in [0.5, 0.6) is 0 Å². The van der Waals surface area contributed by atoms with Crippen molar-refractivity contribution in [1.82, 2.24) is 0 Å². The van der Waals surface area contributed by atoms with Crippen molar-refractivity contribution < 1.29 is 13.9 Å². The van der Waals surface area contributed by atoms with Crippen molar-refractivity contribution in [3.63, 3.8) is 0 Å². The highest BCUT2D eigenvalue weighted by Gasteiger charge is 2.23. The van der Waals surface area contributed by atoms with Crippen LogP contribution < -0.4 is 5.32 Å². The fourth-order valence-electron chi connectivity index (χ4n) is 1.64. The number of ether oxygens (including phenoxy) is 1. The Morgan fingerprint density at radius 3 is 2.35 bits per heavy atom. The third kappa shape index (κ3) is 4.78. The van der Waals surface area contributed by atoms with Gasteiger partial charge in [0.05, 0.1) is 0 Å². The van der Waals surface area contributed by atoms with Crippen molar-refractivity contribution in [2.75, 3.05) is 10.6 Å². The van der Waals surface area contributed by atoms with Crippen LogP contribution in [-0.4, -0.2) is 17.0 Å². The van der Waals surface area contributed by atoms with E-state index in [0.29, 0.717) is 16.6 Å². The lowest BCUT2D eigenvalue weighted by Crippen LogP contribution is -2.27. The first-order valence-corrected chi connectivity index (χ1v) is 7.53. The van der Waals surface area contributed by atoms with E-state index >= 15 is 0 Å².